The van der Waals surface area contributed by atoms with Gasteiger partial charge in [-0.1, -0.05) is 17.7 Å². The van der Waals surface area contributed by atoms with Crippen LogP contribution in [0.2, 0.25) is 0 Å². The summed E-state index contributed by atoms with van der Waals surface area (Å²) in [6.07, 6.45) is 2.17. The van der Waals surface area contributed by atoms with Crippen molar-refractivity contribution in [3.05, 3.63) is 28.8 Å². The second kappa shape index (κ2) is 4.34. The average molecular weight is 232 g/mol. The summed E-state index contributed by atoms with van der Waals surface area (Å²) < 4.78 is 0. The summed E-state index contributed by atoms with van der Waals surface area (Å²) in [5.41, 5.74) is 11.8. The third-order valence-electron chi connectivity index (χ3n) is 3.86. The van der Waals surface area contributed by atoms with E-state index in [1.807, 2.05) is 0 Å². The van der Waals surface area contributed by atoms with E-state index in [-0.39, 0.29) is 5.54 Å². The molecule has 1 saturated heterocycles. The van der Waals surface area contributed by atoms with Crippen LogP contribution in [0.25, 0.3) is 0 Å². The highest BCUT2D eigenvalue weighted by molar-refractivity contribution is 5.60. The Morgan fingerprint density at radius 2 is 1.53 bits per heavy atom. The summed E-state index contributed by atoms with van der Waals surface area (Å²) in [6.45, 7) is 10.9. The molecule has 0 amide bonds. The molecule has 2 N–H and O–H groups in total. The summed E-state index contributed by atoms with van der Waals surface area (Å²) in [5, 5.41) is 0. The fourth-order valence-electron chi connectivity index (χ4n) is 2.91. The molecular weight excluding hydrogens is 208 g/mol. The van der Waals surface area contributed by atoms with E-state index in [4.69, 9.17) is 5.73 Å². The van der Waals surface area contributed by atoms with E-state index in [1.165, 1.54) is 22.4 Å². The van der Waals surface area contributed by atoms with Gasteiger partial charge in [-0.05, 0) is 51.7 Å². The van der Waals surface area contributed by atoms with Crippen molar-refractivity contribution in [3.8, 4) is 0 Å². The Balaban J connectivity index is 2.24. The first-order valence-electron chi connectivity index (χ1n) is 6.51. The quantitative estimate of drug-likeness (QED) is 0.806. The van der Waals surface area contributed by atoms with Crippen molar-refractivity contribution >= 4 is 5.69 Å². The number of piperidine rings is 1. The van der Waals surface area contributed by atoms with Crippen LogP contribution < -0.4 is 10.6 Å². The maximum Gasteiger partial charge on any atom is 0.0425 e. The van der Waals surface area contributed by atoms with Gasteiger partial charge < -0.3 is 10.6 Å². The molecule has 2 nitrogen and oxygen atoms in total. The number of nitrogens with two attached hydrogens (primary N) is 1. The number of nitrogens with zero attached hydrogens (tertiary/aromatic N) is 1. The summed E-state index contributed by atoms with van der Waals surface area (Å²) in [4.78, 5) is 2.50. The van der Waals surface area contributed by atoms with Crippen LogP contribution in [-0.2, 0) is 0 Å². The minimum absolute atomic E-state index is 0.0308. The molecule has 0 saturated carbocycles. The first-order chi connectivity index (χ1) is 7.89. The van der Waals surface area contributed by atoms with Gasteiger partial charge in [-0.25, -0.2) is 0 Å². The van der Waals surface area contributed by atoms with Crippen molar-refractivity contribution in [2.24, 2.45) is 5.73 Å². The molecule has 0 aliphatic carbocycles. The fraction of sp³-hybridized carbons (Fsp3) is 0.600. The number of rotatable bonds is 1. The Labute approximate surface area is 105 Å². The van der Waals surface area contributed by atoms with E-state index in [0.29, 0.717) is 0 Å². The standard InChI is InChI=1S/C15H24N2/c1-11-9-12(2)14(13(3)10-11)17-7-5-15(4,16)6-8-17/h9-10H,5-8,16H2,1-4H3. The highest BCUT2D eigenvalue weighted by Gasteiger charge is 2.27. The molecule has 0 unspecified atom stereocenters. The smallest absolute Gasteiger partial charge is 0.0425 e. The van der Waals surface area contributed by atoms with Crippen LogP contribution >= 0.6 is 0 Å². The number of hydrogen-bond acceptors (Lipinski definition) is 2. The van der Waals surface area contributed by atoms with Crippen molar-refractivity contribution < 1.29 is 0 Å². The minimum atomic E-state index is 0.0308. The third kappa shape index (κ3) is 2.63. The van der Waals surface area contributed by atoms with Crippen molar-refractivity contribution in [2.45, 2.75) is 46.1 Å². The maximum absolute atomic E-state index is 6.19. The number of anilines is 1. The van der Waals surface area contributed by atoms with Crippen LogP contribution in [0.5, 0.6) is 0 Å². The molecule has 0 spiro atoms. The van der Waals surface area contributed by atoms with E-state index < -0.39 is 0 Å². The first-order valence-corrected chi connectivity index (χ1v) is 6.51. The summed E-state index contributed by atoms with van der Waals surface area (Å²) in [7, 11) is 0. The minimum Gasteiger partial charge on any atom is -0.371 e. The molecule has 0 bridgehead atoms. The molecule has 1 heterocycles. The largest absolute Gasteiger partial charge is 0.371 e. The topological polar surface area (TPSA) is 29.3 Å². The molecule has 0 radical (unpaired) electrons. The molecule has 1 fully saturated rings. The van der Waals surface area contributed by atoms with E-state index in [9.17, 15) is 0 Å². The molecule has 17 heavy (non-hydrogen) atoms. The van der Waals surface area contributed by atoms with Crippen molar-refractivity contribution in [3.63, 3.8) is 0 Å². The Morgan fingerprint density at radius 3 is 2.00 bits per heavy atom. The lowest BCUT2D eigenvalue weighted by molar-refractivity contribution is 0.364. The van der Waals surface area contributed by atoms with Gasteiger partial charge in [-0.2, -0.15) is 0 Å². The fourth-order valence-corrected chi connectivity index (χ4v) is 2.91. The zero-order valence-corrected chi connectivity index (χ0v) is 11.5. The van der Waals surface area contributed by atoms with Crippen LogP contribution in [0.3, 0.4) is 0 Å². The molecule has 94 valence electrons. The summed E-state index contributed by atoms with van der Waals surface area (Å²) in [5.74, 6) is 0. The molecular formula is C15H24N2. The summed E-state index contributed by atoms with van der Waals surface area (Å²) >= 11 is 0. The maximum atomic E-state index is 6.19. The summed E-state index contributed by atoms with van der Waals surface area (Å²) in [6, 6.07) is 4.55. The van der Waals surface area contributed by atoms with Gasteiger partial charge in [0.15, 0.2) is 0 Å². The van der Waals surface area contributed by atoms with Crippen molar-refractivity contribution in [1.29, 1.82) is 0 Å². The Hall–Kier alpha value is -1.02. The molecule has 2 rings (SSSR count). The van der Waals surface area contributed by atoms with Crippen LogP contribution in [0.4, 0.5) is 5.69 Å². The molecule has 0 atom stereocenters. The number of benzene rings is 1. The predicted molar refractivity (Wildman–Crippen MR) is 74.7 cm³/mol. The molecule has 1 aliphatic heterocycles. The molecule has 2 heteroatoms. The van der Waals surface area contributed by atoms with Crippen LogP contribution in [0.1, 0.15) is 36.5 Å². The van der Waals surface area contributed by atoms with E-state index in [0.717, 1.165) is 25.9 Å². The predicted octanol–water partition coefficient (Wildman–Crippen LogP) is 2.93. The second-order valence-electron chi connectivity index (χ2n) is 5.89. The number of hydrogen-bond donors (Lipinski definition) is 1. The average Bonchev–Trinajstić information content (AvgIpc) is 2.19. The van der Waals surface area contributed by atoms with Gasteiger partial charge in [0.2, 0.25) is 0 Å². The van der Waals surface area contributed by atoms with Crippen molar-refractivity contribution in [2.75, 3.05) is 18.0 Å². The van der Waals surface area contributed by atoms with Gasteiger partial charge in [0, 0.05) is 24.3 Å². The Bertz CT molecular complexity index is 388. The first kappa shape index (κ1) is 12.4. The van der Waals surface area contributed by atoms with Gasteiger partial charge in [-0.3, -0.25) is 0 Å². The Kier molecular flexibility index (Phi) is 3.17. The van der Waals surface area contributed by atoms with Crippen LogP contribution in [-0.4, -0.2) is 18.6 Å². The molecule has 1 aliphatic rings. The monoisotopic (exact) mass is 232 g/mol. The van der Waals surface area contributed by atoms with Crippen LogP contribution in [0.15, 0.2) is 12.1 Å². The van der Waals surface area contributed by atoms with E-state index in [1.54, 1.807) is 0 Å². The third-order valence-corrected chi connectivity index (χ3v) is 3.86. The molecule has 1 aromatic carbocycles. The van der Waals surface area contributed by atoms with E-state index in [2.05, 4.69) is 44.7 Å². The van der Waals surface area contributed by atoms with E-state index >= 15 is 0 Å². The second-order valence-corrected chi connectivity index (χ2v) is 5.89. The lowest BCUT2D eigenvalue weighted by atomic mass is 9.90. The Morgan fingerprint density at radius 1 is 1.06 bits per heavy atom. The van der Waals surface area contributed by atoms with Crippen LogP contribution in [0, 0.1) is 20.8 Å². The lowest BCUT2D eigenvalue weighted by Crippen LogP contribution is -2.48. The normalized spacial score (nSPS) is 19.5. The highest BCUT2D eigenvalue weighted by Crippen LogP contribution is 2.30. The SMILES string of the molecule is Cc1cc(C)c(N2CCC(C)(N)CC2)c(C)c1. The molecule has 1 aromatic rings. The lowest BCUT2D eigenvalue weighted by Gasteiger charge is -2.39. The van der Waals surface area contributed by atoms with Gasteiger partial charge in [0.1, 0.15) is 0 Å². The van der Waals surface area contributed by atoms with Gasteiger partial charge >= 0.3 is 0 Å². The number of aryl methyl sites for hydroxylation is 3. The molecule has 0 aromatic heterocycles. The van der Waals surface area contributed by atoms with Gasteiger partial charge in [0.25, 0.3) is 0 Å². The van der Waals surface area contributed by atoms with Crippen molar-refractivity contribution in [1.82, 2.24) is 0 Å². The zero-order chi connectivity index (χ0) is 12.6. The van der Waals surface area contributed by atoms with Gasteiger partial charge in [0.05, 0.1) is 0 Å². The highest BCUT2D eigenvalue weighted by atomic mass is 15.1. The zero-order valence-electron chi connectivity index (χ0n) is 11.5. The van der Waals surface area contributed by atoms with Gasteiger partial charge in [-0.15, -0.1) is 0 Å².